The third-order valence-electron chi connectivity index (χ3n) is 3.93. The zero-order chi connectivity index (χ0) is 12.5. The van der Waals surface area contributed by atoms with Gasteiger partial charge in [-0.15, -0.1) is 11.8 Å². The summed E-state index contributed by atoms with van der Waals surface area (Å²) in [4.78, 5) is 15.9. The molecule has 1 aromatic carbocycles. The Hall–Kier alpha value is -1.00. The number of carbonyl (C=O) groups excluding carboxylic acids is 1. The Balaban J connectivity index is 1.82. The molecule has 18 heavy (non-hydrogen) atoms. The molecule has 0 aromatic heterocycles. The number of thioether (sulfide) groups is 1. The van der Waals surface area contributed by atoms with E-state index in [2.05, 4.69) is 12.1 Å². The van der Waals surface area contributed by atoms with E-state index < -0.39 is 0 Å². The Kier molecular flexibility index (Phi) is 3.31. The molecule has 0 bridgehead atoms. The van der Waals surface area contributed by atoms with Crippen LogP contribution in [0.1, 0.15) is 24.3 Å². The van der Waals surface area contributed by atoms with Crippen LogP contribution in [0, 0.1) is 0 Å². The predicted octanol–water partition coefficient (Wildman–Crippen LogP) is 1.83. The second-order valence-electron chi connectivity index (χ2n) is 4.96. The van der Waals surface area contributed by atoms with Crippen LogP contribution in [-0.4, -0.2) is 35.7 Å². The molecule has 96 valence electrons. The Bertz CT molecular complexity index is 463. The number of hydrogen-bond acceptors (Lipinski definition) is 3. The lowest BCUT2D eigenvalue weighted by Crippen LogP contribution is -2.42. The lowest BCUT2D eigenvalue weighted by molar-refractivity contribution is -0.132. The number of carbonyl (C=O) groups is 1. The molecule has 2 unspecified atom stereocenters. The van der Waals surface area contributed by atoms with Gasteiger partial charge in [0.15, 0.2) is 0 Å². The van der Waals surface area contributed by atoms with Crippen LogP contribution in [-0.2, 0) is 4.79 Å². The highest BCUT2D eigenvalue weighted by Crippen LogP contribution is 2.40. The molecule has 2 aliphatic rings. The van der Waals surface area contributed by atoms with Gasteiger partial charge in [-0.25, -0.2) is 0 Å². The lowest BCUT2D eigenvalue weighted by Gasteiger charge is -2.26. The molecule has 2 N–H and O–H groups in total. The van der Waals surface area contributed by atoms with E-state index >= 15 is 0 Å². The predicted molar refractivity (Wildman–Crippen MR) is 73.7 cm³/mol. The average Bonchev–Trinajstić information content (AvgIpc) is 3.04. The van der Waals surface area contributed by atoms with Gasteiger partial charge < -0.3 is 10.6 Å². The first-order valence-corrected chi connectivity index (χ1v) is 7.52. The highest BCUT2D eigenvalue weighted by Gasteiger charge is 2.36. The van der Waals surface area contributed by atoms with Crippen LogP contribution in [0.4, 0.5) is 0 Å². The number of rotatable bonds is 2. The first-order valence-electron chi connectivity index (χ1n) is 6.53. The van der Waals surface area contributed by atoms with Crippen molar-refractivity contribution in [2.45, 2.75) is 29.7 Å². The van der Waals surface area contributed by atoms with Gasteiger partial charge in [-0.2, -0.15) is 0 Å². The van der Waals surface area contributed by atoms with E-state index in [1.165, 1.54) is 10.5 Å². The molecule has 4 heteroatoms. The second kappa shape index (κ2) is 4.94. The fourth-order valence-electron chi connectivity index (χ4n) is 2.94. The molecular weight excluding hydrogens is 244 g/mol. The number of amides is 1. The average molecular weight is 262 g/mol. The smallest absolute Gasteiger partial charge is 0.231 e. The molecule has 1 saturated heterocycles. The fourth-order valence-corrected chi connectivity index (χ4v) is 4.16. The molecule has 2 atom stereocenters. The summed E-state index contributed by atoms with van der Waals surface area (Å²) in [6, 6.07) is 8.52. The molecule has 1 aromatic rings. The van der Waals surface area contributed by atoms with Gasteiger partial charge in [0.1, 0.15) is 0 Å². The summed E-state index contributed by atoms with van der Waals surface area (Å²) in [5, 5.41) is 0. The van der Waals surface area contributed by atoms with E-state index in [9.17, 15) is 4.79 Å². The van der Waals surface area contributed by atoms with E-state index in [4.69, 9.17) is 5.73 Å². The molecule has 0 aliphatic carbocycles. The number of likely N-dealkylation sites (tertiary alicyclic amines) is 1. The number of nitrogens with two attached hydrogens (primary N) is 1. The quantitative estimate of drug-likeness (QED) is 0.884. The standard InChI is InChI=1S/C14H18N2OS/c15-8-10-4-3-7-16(10)14(17)12-9-18-13-6-2-1-5-11(12)13/h1-2,5-6,10,12H,3-4,7-9,15H2. The number of nitrogens with zero attached hydrogens (tertiary/aromatic N) is 1. The highest BCUT2D eigenvalue weighted by atomic mass is 32.2. The van der Waals surface area contributed by atoms with E-state index in [0.29, 0.717) is 6.54 Å². The van der Waals surface area contributed by atoms with E-state index in [1.807, 2.05) is 17.0 Å². The van der Waals surface area contributed by atoms with Crippen LogP contribution >= 0.6 is 11.8 Å². The van der Waals surface area contributed by atoms with Crippen molar-refractivity contribution >= 4 is 17.7 Å². The van der Waals surface area contributed by atoms with Crippen LogP contribution in [0.5, 0.6) is 0 Å². The van der Waals surface area contributed by atoms with Gasteiger partial charge in [-0.3, -0.25) is 4.79 Å². The third-order valence-corrected chi connectivity index (χ3v) is 5.11. The molecule has 0 saturated carbocycles. The summed E-state index contributed by atoms with van der Waals surface area (Å²) in [5.74, 6) is 1.20. The van der Waals surface area contributed by atoms with Crippen molar-refractivity contribution in [3.05, 3.63) is 29.8 Å². The van der Waals surface area contributed by atoms with Gasteiger partial charge in [-0.1, -0.05) is 18.2 Å². The Morgan fingerprint density at radius 1 is 1.44 bits per heavy atom. The number of hydrogen-bond donors (Lipinski definition) is 1. The second-order valence-corrected chi connectivity index (χ2v) is 6.03. The summed E-state index contributed by atoms with van der Waals surface area (Å²) >= 11 is 1.79. The minimum Gasteiger partial charge on any atom is -0.338 e. The Morgan fingerprint density at radius 2 is 2.28 bits per heavy atom. The first kappa shape index (κ1) is 12.1. The van der Waals surface area contributed by atoms with Gasteiger partial charge in [0, 0.05) is 29.8 Å². The first-order chi connectivity index (χ1) is 8.81. The summed E-state index contributed by atoms with van der Waals surface area (Å²) in [7, 11) is 0. The molecule has 2 heterocycles. The van der Waals surface area contributed by atoms with E-state index in [1.54, 1.807) is 11.8 Å². The van der Waals surface area contributed by atoms with Gasteiger partial charge >= 0.3 is 0 Å². The molecule has 0 radical (unpaired) electrons. The summed E-state index contributed by atoms with van der Waals surface area (Å²) in [6.07, 6.45) is 2.15. The summed E-state index contributed by atoms with van der Waals surface area (Å²) in [5.41, 5.74) is 6.96. The van der Waals surface area contributed by atoms with Gasteiger partial charge in [0.25, 0.3) is 0 Å². The van der Waals surface area contributed by atoms with Crippen molar-refractivity contribution in [2.75, 3.05) is 18.8 Å². The zero-order valence-electron chi connectivity index (χ0n) is 10.3. The maximum absolute atomic E-state index is 12.6. The minimum atomic E-state index is 0.0401. The van der Waals surface area contributed by atoms with Crippen LogP contribution in [0.25, 0.3) is 0 Å². The highest BCUT2D eigenvalue weighted by molar-refractivity contribution is 7.99. The van der Waals surface area contributed by atoms with Crippen LogP contribution in [0.15, 0.2) is 29.2 Å². The van der Waals surface area contributed by atoms with Crippen molar-refractivity contribution < 1.29 is 4.79 Å². The number of fused-ring (bicyclic) bond motifs is 1. The van der Waals surface area contributed by atoms with Crippen LogP contribution < -0.4 is 5.73 Å². The van der Waals surface area contributed by atoms with E-state index in [0.717, 1.165) is 25.1 Å². The van der Waals surface area contributed by atoms with Gasteiger partial charge in [-0.05, 0) is 24.5 Å². The van der Waals surface area contributed by atoms with Gasteiger partial charge in [0.2, 0.25) is 5.91 Å². The summed E-state index contributed by atoms with van der Waals surface area (Å²) in [6.45, 7) is 1.47. The maximum Gasteiger partial charge on any atom is 0.231 e. The van der Waals surface area contributed by atoms with Crippen LogP contribution in [0.3, 0.4) is 0 Å². The molecule has 0 spiro atoms. The molecule has 3 rings (SSSR count). The summed E-state index contributed by atoms with van der Waals surface area (Å²) < 4.78 is 0. The minimum absolute atomic E-state index is 0.0401. The fraction of sp³-hybridized carbons (Fsp3) is 0.500. The van der Waals surface area contributed by atoms with Crippen LogP contribution in [0.2, 0.25) is 0 Å². The van der Waals surface area contributed by atoms with Crippen molar-refractivity contribution in [1.29, 1.82) is 0 Å². The monoisotopic (exact) mass is 262 g/mol. The SMILES string of the molecule is NCC1CCCN1C(=O)C1CSc2ccccc21. The molecule has 1 amide bonds. The van der Waals surface area contributed by atoms with E-state index in [-0.39, 0.29) is 17.9 Å². The molecule has 1 fully saturated rings. The lowest BCUT2D eigenvalue weighted by atomic mass is 9.99. The molecule has 2 aliphatic heterocycles. The number of benzene rings is 1. The third kappa shape index (κ3) is 1.93. The topological polar surface area (TPSA) is 46.3 Å². The Labute approximate surface area is 112 Å². The molecule has 3 nitrogen and oxygen atoms in total. The Morgan fingerprint density at radius 3 is 3.11 bits per heavy atom. The largest absolute Gasteiger partial charge is 0.338 e. The van der Waals surface area contributed by atoms with Gasteiger partial charge in [0.05, 0.1) is 5.92 Å². The van der Waals surface area contributed by atoms with Crippen molar-refractivity contribution in [2.24, 2.45) is 5.73 Å². The molecular formula is C14H18N2OS. The maximum atomic E-state index is 12.6. The van der Waals surface area contributed by atoms with Crippen molar-refractivity contribution in [3.8, 4) is 0 Å². The zero-order valence-corrected chi connectivity index (χ0v) is 11.2. The van der Waals surface area contributed by atoms with Crippen molar-refractivity contribution in [3.63, 3.8) is 0 Å². The normalized spacial score (nSPS) is 26.4. The van der Waals surface area contributed by atoms with Crippen molar-refractivity contribution in [1.82, 2.24) is 4.90 Å².